The largest absolute Gasteiger partial charge is 0.454 e. The first-order valence-corrected chi connectivity index (χ1v) is 17.0. The summed E-state index contributed by atoms with van der Waals surface area (Å²) in [6.07, 6.45) is -8.35. The Bertz CT molecular complexity index is 1380. The number of hydrogen-bond acceptors (Lipinski definition) is 12. The second-order valence-corrected chi connectivity index (χ2v) is 15.0. The minimum atomic E-state index is -1.32. The molecular formula is C37H50O12. The molecular weight excluding hydrogens is 636 g/mol. The van der Waals surface area contributed by atoms with Crippen LogP contribution < -0.4 is 0 Å². The molecule has 12 nitrogen and oxygen atoms in total. The van der Waals surface area contributed by atoms with E-state index in [-0.39, 0.29) is 19.8 Å². The van der Waals surface area contributed by atoms with Gasteiger partial charge in [-0.25, -0.2) is 0 Å². The highest BCUT2D eigenvalue weighted by Gasteiger charge is 2.61. The maximum atomic E-state index is 13.2. The second-order valence-electron chi connectivity index (χ2n) is 15.0. The lowest BCUT2D eigenvalue weighted by atomic mass is 9.95. The van der Waals surface area contributed by atoms with E-state index in [4.69, 9.17) is 47.4 Å². The molecule has 4 aliphatic heterocycles. The van der Waals surface area contributed by atoms with Gasteiger partial charge in [-0.15, -0.1) is 0 Å². The number of esters is 1. The SMILES string of the molecule is CC1(C)O[C@H]2[C@@H](O1)[C@@H](CO[C@@H]1O[C@H](COCc3ccccc3)[C@H](OCc3ccccc3)[C@H](O)[C@H]1OC(=O)C(C)(C)C)O[C@@H]1OC(C)(C)O[C@@H]12. The molecule has 0 aromatic heterocycles. The van der Waals surface area contributed by atoms with E-state index in [1.54, 1.807) is 20.8 Å². The molecule has 0 unspecified atom stereocenters. The van der Waals surface area contributed by atoms with E-state index < -0.39 is 84.4 Å². The summed E-state index contributed by atoms with van der Waals surface area (Å²) in [5.74, 6) is -2.30. The highest BCUT2D eigenvalue weighted by atomic mass is 16.9. The summed E-state index contributed by atoms with van der Waals surface area (Å²) in [6, 6.07) is 19.3. The second kappa shape index (κ2) is 14.6. The van der Waals surface area contributed by atoms with Gasteiger partial charge in [0.1, 0.15) is 42.7 Å². The smallest absolute Gasteiger partial charge is 0.311 e. The van der Waals surface area contributed by atoms with Crippen molar-refractivity contribution in [3.05, 3.63) is 71.8 Å². The van der Waals surface area contributed by atoms with Crippen LogP contribution in [0.5, 0.6) is 0 Å². The van der Waals surface area contributed by atoms with Gasteiger partial charge in [-0.1, -0.05) is 60.7 Å². The molecule has 0 saturated carbocycles. The van der Waals surface area contributed by atoms with Crippen molar-refractivity contribution in [3.63, 3.8) is 0 Å². The molecule has 4 fully saturated rings. The number of fused-ring (bicyclic) bond motifs is 3. The number of benzene rings is 2. The first-order valence-electron chi connectivity index (χ1n) is 17.0. The van der Waals surface area contributed by atoms with Gasteiger partial charge in [-0.05, 0) is 59.6 Å². The quantitative estimate of drug-likeness (QED) is 0.340. The highest BCUT2D eigenvalue weighted by Crippen LogP contribution is 2.44. The topological polar surface area (TPSA) is 130 Å². The lowest BCUT2D eigenvalue weighted by molar-refractivity contribution is -0.325. The molecule has 2 aromatic carbocycles. The first kappa shape index (κ1) is 36.3. The zero-order valence-corrected chi connectivity index (χ0v) is 29.3. The van der Waals surface area contributed by atoms with Crippen molar-refractivity contribution < 1.29 is 57.3 Å². The van der Waals surface area contributed by atoms with E-state index in [0.717, 1.165) is 11.1 Å². The minimum Gasteiger partial charge on any atom is -0.454 e. The third-order valence-electron chi connectivity index (χ3n) is 8.83. The normalized spacial score (nSPS) is 35.0. The summed E-state index contributed by atoms with van der Waals surface area (Å²) in [5, 5.41) is 11.9. The van der Waals surface area contributed by atoms with Gasteiger partial charge in [-0.3, -0.25) is 4.79 Å². The monoisotopic (exact) mass is 686 g/mol. The maximum absolute atomic E-state index is 13.2. The van der Waals surface area contributed by atoms with Crippen LogP contribution in [0.4, 0.5) is 0 Å². The van der Waals surface area contributed by atoms with Crippen molar-refractivity contribution >= 4 is 5.97 Å². The van der Waals surface area contributed by atoms with Crippen LogP contribution in [0.1, 0.15) is 59.6 Å². The Kier molecular flexibility index (Phi) is 10.8. The molecule has 4 saturated heterocycles. The van der Waals surface area contributed by atoms with Crippen LogP contribution in [-0.2, 0) is 65.4 Å². The van der Waals surface area contributed by atoms with Crippen molar-refractivity contribution in [2.24, 2.45) is 5.41 Å². The van der Waals surface area contributed by atoms with Gasteiger partial charge in [-0.2, -0.15) is 0 Å². The molecule has 0 aliphatic carbocycles. The van der Waals surface area contributed by atoms with E-state index in [9.17, 15) is 9.90 Å². The Labute approximate surface area is 288 Å². The summed E-state index contributed by atoms with van der Waals surface area (Å²) in [5.41, 5.74) is 1.03. The predicted octanol–water partition coefficient (Wildman–Crippen LogP) is 4.25. The molecule has 2 aromatic rings. The van der Waals surface area contributed by atoms with Gasteiger partial charge in [0.25, 0.3) is 0 Å². The van der Waals surface area contributed by atoms with E-state index >= 15 is 0 Å². The predicted molar refractivity (Wildman–Crippen MR) is 174 cm³/mol. The summed E-state index contributed by atoms with van der Waals surface area (Å²) in [6.45, 7) is 13.0. The fourth-order valence-electron chi connectivity index (χ4n) is 6.45. The van der Waals surface area contributed by atoms with E-state index in [1.165, 1.54) is 0 Å². The zero-order chi connectivity index (χ0) is 35.0. The van der Waals surface area contributed by atoms with Gasteiger partial charge < -0.3 is 52.5 Å². The molecule has 0 bridgehead atoms. The van der Waals surface area contributed by atoms with Gasteiger partial charge >= 0.3 is 5.97 Å². The molecule has 49 heavy (non-hydrogen) atoms. The Morgan fingerprint density at radius 1 is 0.714 bits per heavy atom. The maximum Gasteiger partial charge on any atom is 0.311 e. The number of carbonyl (C=O) groups excluding carboxylic acids is 1. The van der Waals surface area contributed by atoms with E-state index in [0.29, 0.717) is 6.61 Å². The highest BCUT2D eigenvalue weighted by molar-refractivity contribution is 5.75. The van der Waals surface area contributed by atoms with Crippen LogP contribution in [0, 0.1) is 5.41 Å². The van der Waals surface area contributed by atoms with Gasteiger partial charge in [0.15, 0.2) is 30.3 Å². The average molecular weight is 687 g/mol. The summed E-state index contributed by atoms with van der Waals surface area (Å²) < 4.78 is 62.2. The first-order chi connectivity index (χ1) is 23.2. The molecule has 12 heteroatoms. The number of aliphatic hydroxyl groups is 1. The van der Waals surface area contributed by atoms with Crippen LogP contribution >= 0.6 is 0 Å². The van der Waals surface area contributed by atoms with Crippen molar-refractivity contribution in [2.75, 3.05) is 13.2 Å². The third-order valence-corrected chi connectivity index (χ3v) is 8.83. The van der Waals surface area contributed by atoms with Crippen LogP contribution in [0.2, 0.25) is 0 Å². The van der Waals surface area contributed by atoms with Crippen LogP contribution in [-0.4, -0.2) is 97.3 Å². The molecule has 10 atom stereocenters. The fraction of sp³-hybridized carbons (Fsp3) is 0.649. The van der Waals surface area contributed by atoms with Crippen LogP contribution in [0.3, 0.4) is 0 Å². The summed E-state index contributed by atoms with van der Waals surface area (Å²) in [7, 11) is 0. The third kappa shape index (κ3) is 8.70. The van der Waals surface area contributed by atoms with Crippen LogP contribution in [0.15, 0.2) is 60.7 Å². The molecule has 4 aliphatic rings. The molecule has 6 rings (SSSR count). The van der Waals surface area contributed by atoms with E-state index in [1.807, 2.05) is 88.4 Å². The van der Waals surface area contributed by atoms with Crippen molar-refractivity contribution in [2.45, 2.75) is 135 Å². The van der Waals surface area contributed by atoms with E-state index in [2.05, 4.69) is 0 Å². The Morgan fingerprint density at radius 2 is 1.31 bits per heavy atom. The Balaban J connectivity index is 1.22. The van der Waals surface area contributed by atoms with Crippen molar-refractivity contribution in [1.82, 2.24) is 0 Å². The fourth-order valence-corrected chi connectivity index (χ4v) is 6.45. The van der Waals surface area contributed by atoms with Crippen molar-refractivity contribution in [1.29, 1.82) is 0 Å². The lowest BCUT2D eigenvalue weighted by Crippen LogP contribution is -2.62. The molecule has 4 heterocycles. The summed E-state index contributed by atoms with van der Waals surface area (Å²) in [4.78, 5) is 13.2. The standard InChI is InChI=1S/C37H50O12/c1-35(2,3)34(39)45-29-26(38)27(41-19-23-16-12-9-13-17-23)24(20-40-18-22-14-10-8-11-15-22)43-32(29)42-21-25-28-30(47-36(4,5)46-28)31-33(44-25)49-37(6,7)48-31/h8-17,24-33,38H,18-21H2,1-7H3/t24-,25-,26+,27+,28+,29-,30+,31-,32-,33-/m1/s1. The minimum absolute atomic E-state index is 0.0539. The summed E-state index contributed by atoms with van der Waals surface area (Å²) >= 11 is 0. The van der Waals surface area contributed by atoms with Crippen LogP contribution in [0.25, 0.3) is 0 Å². The molecule has 0 spiro atoms. The van der Waals surface area contributed by atoms with Gasteiger partial charge in [0.2, 0.25) is 0 Å². The van der Waals surface area contributed by atoms with Gasteiger partial charge in [0, 0.05) is 0 Å². The average Bonchev–Trinajstić information content (AvgIpc) is 3.55. The number of carbonyl (C=O) groups is 1. The number of hydrogen-bond donors (Lipinski definition) is 1. The van der Waals surface area contributed by atoms with Crippen molar-refractivity contribution in [3.8, 4) is 0 Å². The number of ether oxygens (including phenoxy) is 10. The number of aliphatic hydroxyl groups excluding tert-OH is 1. The molecule has 0 amide bonds. The molecule has 270 valence electrons. The number of rotatable bonds is 11. The van der Waals surface area contributed by atoms with Gasteiger partial charge in [0.05, 0.1) is 31.8 Å². The molecule has 1 N–H and O–H groups in total. The Morgan fingerprint density at radius 3 is 1.96 bits per heavy atom. The Hall–Kier alpha value is -2.49. The zero-order valence-electron chi connectivity index (χ0n) is 29.3. The lowest BCUT2D eigenvalue weighted by Gasteiger charge is -2.45. The molecule has 0 radical (unpaired) electrons.